The van der Waals surface area contributed by atoms with Crippen LogP contribution in [-0.2, 0) is 16.4 Å². The summed E-state index contributed by atoms with van der Waals surface area (Å²) >= 11 is 0. The molecule has 1 aliphatic heterocycles. The van der Waals surface area contributed by atoms with Crippen molar-refractivity contribution in [2.75, 3.05) is 18.4 Å². The highest BCUT2D eigenvalue weighted by Crippen LogP contribution is 2.30. The molecule has 1 N–H and O–H groups in total. The lowest BCUT2D eigenvalue weighted by molar-refractivity contribution is 0.273. The van der Waals surface area contributed by atoms with Crippen LogP contribution in [0.5, 0.6) is 0 Å². The van der Waals surface area contributed by atoms with Gasteiger partial charge < -0.3 is 5.32 Å². The first kappa shape index (κ1) is 25.2. The maximum absolute atomic E-state index is 13.6. The third kappa shape index (κ3) is 5.55. The standard InChI is InChI=1S/C32H30N4O2S/c37-39(38,36-20-18-25(19-21-36)22-24-10-3-1-4-11-24)28-15-9-14-27(23-28)33-32-29-16-7-8-17-30(29)34-31(35-32)26-12-5-2-6-13-26/h1-17,23,25H,18-22H2,(H,33,34,35). The Morgan fingerprint density at radius 3 is 2.23 bits per heavy atom. The number of piperidine rings is 1. The van der Waals surface area contributed by atoms with Crippen LogP contribution in [0.4, 0.5) is 11.5 Å². The first-order chi connectivity index (χ1) is 19.1. The van der Waals surface area contributed by atoms with Gasteiger partial charge in [0.2, 0.25) is 10.0 Å². The molecule has 0 aliphatic carbocycles. The number of sulfonamides is 1. The molecule has 5 aromatic rings. The second-order valence-electron chi connectivity index (χ2n) is 9.97. The zero-order valence-electron chi connectivity index (χ0n) is 21.6. The van der Waals surface area contributed by atoms with Crippen molar-refractivity contribution in [2.24, 2.45) is 5.92 Å². The largest absolute Gasteiger partial charge is 0.340 e. The summed E-state index contributed by atoms with van der Waals surface area (Å²) in [6.45, 7) is 1.07. The minimum absolute atomic E-state index is 0.288. The SMILES string of the molecule is O=S(=O)(c1cccc(Nc2nc(-c3ccccc3)nc3ccccc23)c1)N1CCC(Cc2ccccc2)CC1. The third-order valence-corrected chi connectivity index (χ3v) is 9.21. The van der Waals surface area contributed by atoms with Gasteiger partial charge in [-0.3, -0.25) is 0 Å². The molecule has 0 atom stereocenters. The van der Waals surface area contributed by atoms with Gasteiger partial charge in [-0.15, -0.1) is 0 Å². The Bertz CT molecular complexity index is 1680. The summed E-state index contributed by atoms with van der Waals surface area (Å²) in [5.41, 5.74) is 3.71. The Kier molecular flexibility index (Phi) is 7.09. The molecule has 39 heavy (non-hydrogen) atoms. The van der Waals surface area contributed by atoms with Crippen LogP contribution in [0, 0.1) is 5.92 Å². The number of para-hydroxylation sites is 1. The average molecular weight is 535 g/mol. The second kappa shape index (κ2) is 11.0. The van der Waals surface area contributed by atoms with Crippen molar-refractivity contribution in [3.05, 3.63) is 115 Å². The number of rotatable bonds is 7. The molecule has 6 nitrogen and oxygen atoms in total. The predicted molar refractivity (Wildman–Crippen MR) is 156 cm³/mol. The number of hydrogen-bond acceptors (Lipinski definition) is 5. The summed E-state index contributed by atoms with van der Waals surface area (Å²) < 4.78 is 28.8. The van der Waals surface area contributed by atoms with Crippen molar-refractivity contribution in [3.63, 3.8) is 0 Å². The number of fused-ring (bicyclic) bond motifs is 1. The highest BCUT2D eigenvalue weighted by Gasteiger charge is 2.29. The fourth-order valence-corrected chi connectivity index (χ4v) is 6.73. The first-order valence-corrected chi connectivity index (χ1v) is 14.7. The Morgan fingerprint density at radius 1 is 0.769 bits per heavy atom. The fourth-order valence-electron chi connectivity index (χ4n) is 5.21. The first-order valence-electron chi connectivity index (χ1n) is 13.3. The molecule has 0 unspecified atom stereocenters. The topological polar surface area (TPSA) is 75.2 Å². The van der Waals surface area contributed by atoms with Crippen molar-refractivity contribution in [3.8, 4) is 11.4 Å². The molecular weight excluding hydrogens is 504 g/mol. The van der Waals surface area contributed by atoms with Gasteiger partial charge in [0, 0.05) is 29.7 Å². The van der Waals surface area contributed by atoms with Gasteiger partial charge >= 0.3 is 0 Å². The van der Waals surface area contributed by atoms with Gasteiger partial charge in [0.1, 0.15) is 5.82 Å². The molecule has 1 aromatic heterocycles. The molecule has 1 saturated heterocycles. The van der Waals surface area contributed by atoms with Crippen LogP contribution in [0.1, 0.15) is 18.4 Å². The van der Waals surface area contributed by atoms with Crippen LogP contribution in [0.2, 0.25) is 0 Å². The van der Waals surface area contributed by atoms with Gasteiger partial charge in [-0.1, -0.05) is 78.9 Å². The van der Waals surface area contributed by atoms with E-state index in [1.807, 2.05) is 66.7 Å². The van der Waals surface area contributed by atoms with E-state index in [2.05, 4.69) is 29.6 Å². The maximum Gasteiger partial charge on any atom is 0.243 e. The normalized spacial score (nSPS) is 14.9. The maximum atomic E-state index is 13.6. The van der Waals surface area contributed by atoms with E-state index in [0.717, 1.165) is 35.7 Å². The second-order valence-corrected chi connectivity index (χ2v) is 11.9. The summed E-state index contributed by atoms with van der Waals surface area (Å²) in [6.07, 6.45) is 2.72. The van der Waals surface area contributed by atoms with E-state index in [1.165, 1.54) is 5.56 Å². The van der Waals surface area contributed by atoms with Crippen molar-refractivity contribution in [1.82, 2.24) is 14.3 Å². The molecule has 196 valence electrons. The number of benzene rings is 4. The monoisotopic (exact) mass is 534 g/mol. The fraction of sp³-hybridized carbons (Fsp3) is 0.188. The summed E-state index contributed by atoms with van der Waals surface area (Å²) in [4.78, 5) is 9.84. The van der Waals surface area contributed by atoms with Crippen LogP contribution in [0.3, 0.4) is 0 Å². The van der Waals surface area contributed by atoms with E-state index in [0.29, 0.717) is 36.3 Å². The van der Waals surface area contributed by atoms with Crippen molar-refractivity contribution in [2.45, 2.75) is 24.2 Å². The summed E-state index contributed by atoms with van der Waals surface area (Å²) in [6, 6.07) is 35.1. The molecule has 0 amide bonds. The van der Waals surface area contributed by atoms with E-state index in [-0.39, 0.29) is 4.90 Å². The Balaban J connectivity index is 1.22. The smallest absolute Gasteiger partial charge is 0.243 e. The van der Waals surface area contributed by atoms with Crippen molar-refractivity contribution < 1.29 is 8.42 Å². The zero-order chi connectivity index (χ0) is 26.7. The van der Waals surface area contributed by atoms with Gasteiger partial charge in [0.15, 0.2) is 5.82 Å². The minimum Gasteiger partial charge on any atom is -0.340 e. The summed E-state index contributed by atoms with van der Waals surface area (Å²) in [5.74, 6) is 1.74. The van der Waals surface area contributed by atoms with Crippen LogP contribution in [0.25, 0.3) is 22.3 Å². The minimum atomic E-state index is -3.61. The lowest BCUT2D eigenvalue weighted by Gasteiger charge is -2.31. The Labute approximate surface area is 229 Å². The Hall–Kier alpha value is -4.07. The quantitative estimate of drug-likeness (QED) is 0.252. The highest BCUT2D eigenvalue weighted by atomic mass is 32.2. The lowest BCUT2D eigenvalue weighted by atomic mass is 9.91. The molecule has 1 fully saturated rings. The molecule has 0 spiro atoms. The summed E-state index contributed by atoms with van der Waals surface area (Å²) in [7, 11) is -3.61. The molecule has 7 heteroatoms. The van der Waals surface area contributed by atoms with Gasteiger partial charge in [-0.2, -0.15) is 4.31 Å². The number of anilines is 2. The van der Waals surface area contributed by atoms with Crippen LogP contribution in [0.15, 0.2) is 114 Å². The van der Waals surface area contributed by atoms with Crippen molar-refractivity contribution >= 4 is 32.4 Å². The van der Waals surface area contributed by atoms with E-state index in [1.54, 1.807) is 22.5 Å². The highest BCUT2D eigenvalue weighted by molar-refractivity contribution is 7.89. The predicted octanol–water partition coefficient (Wildman–Crippen LogP) is 6.68. The van der Waals surface area contributed by atoms with Gasteiger partial charge in [0.05, 0.1) is 10.4 Å². The molecule has 0 saturated carbocycles. The van der Waals surface area contributed by atoms with E-state index in [9.17, 15) is 8.42 Å². The van der Waals surface area contributed by atoms with Crippen LogP contribution in [-0.4, -0.2) is 35.8 Å². The Morgan fingerprint density at radius 2 is 1.46 bits per heavy atom. The zero-order valence-corrected chi connectivity index (χ0v) is 22.4. The third-order valence-electron chi connectivity index (χ3n) is 7.31. The van der Waals surface area contributed by atoms with Crippen LogP contribution < -0.4 is 5.32 Å². The lowest BCUT2D eigenvalue weighted by Crippen LogP contribution is -2.38. The molecule has 6 rings (SSSR count). The van der Waals surface area contributed by atoms with Crippen molar-refractivity contribution in [1.29, 1.82) is 0 Å². The average Bonchev–Trinajstić information content (AvgIpc) is 2.98. The van der Waals surface area contributed by atoms with Gasteiger partial charge in [-0.05, 0) is 61.1 Å². The molecule has 4 aromatic carbocycles. The number of aromatic nitrogens is 2. The molecular formula is C32H30N4O2S. The van der Waals surface area contributed by atoms with E-state index < -0.39 is 10.0 Å². The van der Waals surface area contributed by atoms with Gasteiger partial charge in [-0.25, -0.2) is 18.4 Å². The molecule has 0 bridgehead atoms. The van der Waals surface area contributed by atoms with Crippen LogP contribution >= 0.6 is 0 Å². The summed E-state index contributed by atoms with van der Waals surface area (Å²) in [5, 5.41) is 4.24. The number of hydrogen-bond donors (Lipinski definition) is 1. The number of nitrogens with zero attached hydrogens (tertiary/aromatic N) is 3. The van der Waals surface area contributed by atoms with E-state index in [4.69, 9.17) is 9.97 Å². The van der Waals surface area contributed by atoms with E-state index >= 15 is 0 Å². The molecule has 1 aliphatic rings. The molecule has 0 radical (unpaired) electrons. The number of nitrogens with one attached hydrogen (secondary N) is 1. The molecule has 2 heterocycles. The van der Waals surface area contributed by atoms with Gasteiger partial charge in [0.25, 0.3) is 0 Å².